The van der Waals surface area contributed by atoms with Crippen LogP contribution < -0.4 is 14.8 Å². The minimum atomic E-state index is -0.249. The van der Waals surface area contributed by atoms with E-state index in [1.54, 1.807) is 36.4 Å². The molecule has 0 unspecified atom stereocenters. The van der Waals surface area contributed by atoms with Crippen LogP contribution in [0.2, 0.25) is 10.0 Å². The van der Waals surface area contributed by atoms with Crippen molar-refractivity contribution in [1.29, 1.82) is 0 Å². The lowest BCUT2D eigenvalue weighted by molar-refractivity contribution is -0.122. The van der Waals surface area contributed by atoms with Gasteiger partial charge in [-0.15, -0.1) is 0 Å². The Balaban J connectivity index is 2.14. The van der Waals surface area contributed by atoms with Gasteiger partial charge in [-0.1, -0.05) is 35.3 Å². The average Bonchev–Trinajstić information content (AvgIpc) is 2.64. The average molecular weight is 394 g/mol. The third kappa shape index (κ3) is 5.25. The first-order valence-corrected chi connectivity index (χ1v) is 8.39. The molecule has 136 valence electrons. The Morgan fingerprint density at radius 2 is 1.88 bits per heavy atom. The lowest BCUT2D eigenvalue weighted by atomic mass is 10.1. The van der Waals surface area contributed by atoms with Crippen molar-refractivity contribution in [3.63, 3.8) is 0 Å². The highest BCUT2D eigenvalue weighted by molar-refractivity contribution is 6.37. The summed E-state index contributed by atoms with van der Waals surface area (Å²) in [6.07, 6.45) is 3.05. The van der Waals surface area contributed by atoms with Crippen LogP contribution in [0.25, 0.3) is 6.08 Å². The van der Waals surface area contributed by atoms with Crippen molar-refractivity contribution in [3.05, 3.63) is 63.6 Å². The van der Waals surface area contributed by atoms with Gasteiger partial charge in [0.2, 0.25) is 0 Å². The number of carbonyl (C=O) groups excluding carboxylic acids is 2. The number of amides is 1. The van der Waals surface area contributed by atoms with E-state index >= 15 is 0 Å². The smallest absolute Gasteiger partial charge is 0.257 e. The molecule has 0 aliphatic carbocycles. The second kappa shape index (κ2) is 9.27. The molecule has 0 atom stereocenters. The molecule has 0 radical (unpaired) electrons. The van der Waals surface area contributed by atoms with Crippen molar-refractivity contribution < 1.29 is 19.1 Å². The summed E-state index contributed by atoms with van der Waals surface area (Å²) in [5, 5.41) is 3.23. The van der Waals surface area contributed by atoms with Crippen molar-refractivity contribution in [2.45, 2.75) is 0 Å². The van der Waals surface area contributed by atoms with Gasteiger partial charge < -0.3 is 14.8 Å². The first-order chi connectivity index (χ1) is 12.4. The zero-order chi connectivity index (χ0) is 19.1. The Morgan fingerprint density at radius 3 is 2.54 bits per heavy atom. The van der Waals surface area contributed by atoms with E-state index in [1.165, 1.54) is 26.3 Å². The van der Waals surface area contributed by atoms with E-state index < -0.39 is 0 Å². The van der Waals surface area contributed by atoms with Gasteiger partial charge in [-0.3, -0.25) is 9.59 Å². The second-order valence-corrected chi connectivity index (χ2v) is 6.04. The molecule has 0 aliphatic rings. The van der Waals surface area contributed by atoms with Gasteiger partial charge >= 0.3 is 0 Å². The molecule has 0 heterocycles. The first kappa shape index (κ1) is 19.8. The fraction of sp³-hybridized carbons (Fsp3) is 0.158. The van der Waals surface area contributed by atoms with E-state index in [2.05, 4.69) is 5.32 Å². The first-order valence-electron chi connectivity index (χ1n) is 7.63. The van der Waals surface area contributed by atoms with Crippen LogP contribution in [0.4, 0.5) is 0 Å². The molecule has 5 nitrogen and oxygen atoms in total. The molecule has 0 saturated carbocycles. The normalized spacial score (nSPS) is 10.6. The molecule has 0 bridgehead atoms. The van der Waals surface area contributed by atoms with E-state index in [-0.39, 0.29) is 18.3 Å². The molecule has 2 aromatic rings. The maximum Gasteiger partial charge on any atom is 0.257 e. The van der Waals surface area contributed by atoms with Crippen molar-refractivity contribution in [2.75, 3.05) is 20.8 Å². The fourth-order valence-corrected chi connectivity index (χ4v) is 2.58. The molecule has 0 aliphatic heterocycles. The Hall–Kier alpha value is -2.50. The highest BCUT2D eigenvalue weighted by Gasteiger charge is 2.09. The summed E-state index contributed by atoms with van der Waals surface area (Å²) in [5.41, 5.74) is 1.09. The minimum Gasteiger partial charge on any atom is -0.493 e. The largest absolute Gasteiger partial charge is 0.493 e. The van der Waals surface area contributed by atoms with Crippen molar-refractivity contribution in [2.24, 2.45) is 0 Å². The fourth-order valence-electron chi connectivity index (χ4n) is 2.07. The molecule has 0 saturated heterocycles. The third-order valence-corrected chi connectivity index (χ3v) is 4.00. The summed E-state index contributed by atoms with van der Waals surface area (Å²) in [4.78, 5) is 23.5. The summed E-state index contributed by atoms with van der Waals surface area (Å²) in [5.74, 6) is 0.389. The van der Waals surface area contributed by atoms with E-state index in [0.29, 0.717) is 27.1 Å². The van der Waals surface area contributed by atoms with Gasteiger partial charge in [0.05, 0.1) is 12.1 Å². The van der Waals surface area contributed by atoms with Crippen LogP contribution in [0.15, 0.2) is 42.5 Å². The number of halogens is 2. The van der Waals surface area contributed by atoms with E-state index in [9.17, 15) is 9.59 Å². The number of methoxy groups -OCH3 is 1. The zero-order valence-electron chi connectivity index (χ0n) is 14.2. The van der Waals surface area contributed by atoms with E-state index in [0.717, 1.165) is 5.56 Å². The maximum atomic E-state index is 12.3. The summed E-state index contributed by atoms with van der Waals surface area (Å²) < 4.78 is 10.7. The number of nitrogens with one attached hydrogen (secondary N) is 1. The quantitative estimate of drug-likeness (QED) is 0.569. The number of rotatable bonds is 7. The molecule has 0 spiro atoms. The number of hydrogen-bond acceptors (Lipinski definition) is 4. The minimum absolute atomic E-state index is 0.115. The number of allylic oxidation sites excluding steroid dienone is 1. The van der Waals surface area contributed by atoms with Crippen LogP contribution in [0.1, 0.15) is 15.9 Å². The second-order valence-electron chi connectivity index (χ2n) is 5.19. The Kier molecular flexibility index (Phi) is 7.06. The number of ketones is 1. The molecule has 0 fully saturated rings. The summed E-state index contributed by atoms with van der Waals surface area (Å²) >= 11 is 11.9. The van der Waals surface area contributed by atoms with Crippen LogP contribution in [-0.2, 0) is 4.79 Å². The van der Waals surface area contributed by atoms with Gasteiger partial charge in [-0.05, 0) is 42.0 Å². The lowest BCUT2D eigenvalue weighted by Gasteiger charge is -2.10. The van der Waals surface area contributed by atoms with Gasteiger partial charge in [0.15, 0.2) is 23.9 Å². The van der Waals surface area contributed by atoms with Crippen LogP contribution >= 0.6 is 23.2 Å². The van der Waals surface area contributed by atoms with Gasteiger partial charge in [0.1, 0.15) is 0 Å². The standard InChI is InChI=1S/C19H17Cl2NO4/c1-22-19(24)11-26-17-8-4-12(9-18(17)25-2)3-7-16(23)14-6-5-13(20)10-15(14)21/h3-10H,11H2,1-2H3,(H,22,24)/b7-3+. The predicted molar refractivity (Wildman–Crippen MR) is 102 cm³/mol. The number of benzene rings is 2. The van der Waals surface area contributed by atoms with Gasteiger partial charge in [-0.2, -0.15) is 0 Å². The number of ether oxygens (including phenoxy) is 2. The van der Waals surface area contributed by atoms with E-state index in [4.69, 9.17) is 32.7 Å². The van der Waals surface area contributed by atoms with Crippen LogP contribution in [0.5, 0.6) is 11.5 Å². The summed E-state index contributed by atoms with van der Waals surface area (Å²) in [7, 11) is 3.02. The molecule has 2 aromatic carbocycles. The van der Waals surface area contributed by atoms with E-state index in [1.807, 2.05) is 0 Å². The Morgan fingerprint density at radius 1 is 1.12 bits per heavy atom. The molecule has 1 amide bonds. The predicted octanol–water partition coefficient (Wildman–Crippen LogP) is 4.02. The van der Waals surface area contributed by atoms with Crippen molar-refractivity contribution in [3.8, 4) is 11.5 Å². The van der Waals surface area contributed by atoms with Crippen LogP contribution in [0, 0.1) is 0 Å². The molecule has 0 aromatic heterocycles. The van der Waals surface area contributed by atoms with Crippen molar-refractivity contribution >= 4 is 41.0 Å². The molecule has 7 heteroatoms. The lowest BCUT2D eigenvalue weighted by Crippen LogP contribution is -2.24. The highest BCUT2D eigenvalue weighted by Crippen LogP contribution is 2.29. The Labute approximate surface area is 161 Å². The topological polar surface area (TPSA) is 64.6 Å². The Bertz CT molecular complexity index is 849. The monoisotopic (exact) mass is 393 g/mol. The molecule has 2 rings (SSSR count). The van der Waals surface area contributed by atoms with Gasteiger partial charge in [0, 0.05) is 17.6 Å². The van der Waals surface area contributed by atoms with Gasteiger partial charge in [0.25, 0.3) is 5.91 Å². The van der Waals surface area contributed by atoms with Crippen molar-refractivity contribution in [1.82, 2.24) is 5.32 Å². The molecule has 1 N–H and O–H groups in total. The number of carbonyl (C=O) groups is 2. The van der Waals surface area contributed by atoms with Crippen LogP contribution in [-0.4, -0.2) is 32.5 Å². The summed E-state index contributed by atoms with van der Waals surface area (Å²) in [6, 6.07) is 9.82. The van der Waals surface area contributed by atoms with Gasteiger partial charge in [-0.25, -0.2) is 0 Å². The zero-order valence-corrected chi connectivity index (χ0v) is 15.7. The third-order valence-electron chi connectivity index (χ3n) is 3.45. The maximum absolute atomic E-state index is 12.3. The SMILES string of the molecule is CNC(=O)COc1ccc(/C=C/C(=O)c2ccc(Cl)cc2Cl)cc1OC. The summed E-state index contributed by atoms with van der Waals surface area (Å²) in [6.45, 7) is -0.115. The number of hydrogen-bond donors (Lipinski definition) is 1. The highest BCUT2D eigenvalue weighted by atomic mass is 35.5. The molecular weight excluding hydrogens is 377 g/mol. The molecular formula is C19H17Cl2NO4. The number of likely N-dealkylation sites (N-methyl/N-ethyl adjacent to an activating group) is 1. The molecule has 26 heavy (non-hydrogen) atoms. The van der Waals surface area contributed by atoms with Crippen LogP contribution in [0.3, 0.4) is 0 Å².